The van der Waals surface area contributed by atoms with E-state index in [2.05, 4.69) is 42.4 Å². The topological polar surface area (TPSA) is 141 Å². The van der Waals surface area contributed by atoms with Crippen molar-refractivity contribution < 1.29 is 19.4 Å². The van der Waals surface area contributed by atoms with Crippen LogP contribution in [0, 0.1) is 3.57 Å². The van der Waals surface area contributed by atoms with E-state index >= 15 is 0 Å². The molecular weight excluding hydrogens is 633 g/mol. The predicted octanol–water partition coefficient (Wildman–Crippen LogP) is 5.21. The van der Waals surface area contributed by atoms with Crippen LogP contribution in [0.25, 0.3) is 11.2 Å². The molecular formula is C26H36IN7O4S. The molecule has 0 bridgehead atoms. The smallest absolute Gasteiger partial charge is 0.407 e. The second-order valence-corrected chi connectivity index (χ2v) is 12.5. The fraction of sp³-hybridized carbons (Fsp3) is 0.538. The van der Waals surface area contributed by atoms with Gasteiger partial charge < -0.3 is 35.1 Å². The number of hydrogen-bond acceptors (Lipinski definition) is 9. The first kappa shape index (κ1) is 29.5. The van der Waals surface area contributed by atoms with Crippen molar-refractivity contribution in [3.8, 4) is 11.5 Å². The van der Waals surface area contributed by atoms with Gasteiger partial charge in [0.1, 0.15) is 6.33 Å². The summed E-state index contributed by atoms with van der Waals surface area (Å²) in [6.07, 6.45) is 5.56. The predicted molar refractivity (Wildman–Crippen MR) is 160 cm³/mol. The molecule has 0 saturated heterocycles. The number of nitrogens with one attached hydrogen (secondary N) is 1. The van der Waals surface area contributed by atoms with E-state index < -0.39 is 6.09 Å². The molecule has 0 unspecified atom stereocenters. The quantitative estimate of drug-likeness (QED) is 0.164. The number of nitrogen functional groups attached to an aromatic ring is 1. The highest BCUT2D eigenvalue weighted by Crippen LogP contribution is 2.41. The van der Waals surface area contributed by atoms with Gasteiger partial charge in [0.15, 0.2) is 33.6 Å². The Balaban J connectivity index is 1.26. The standard InChI is InChI=1S/C26H36IN7O4S/c1-26(2,3)34(25(35)36)12-7-5-4-6-9-29-10-8-11-33-23-21(22(28)30-15-31-23)32-24(33)39-20-14-19-18(13-17(20)27)37-16-38-19/h13-15,29H,4-12,16H2,1-3H3,(H,35,36)(H2,28,30,31). The third-order valence-corrected chi connectivity index (χ3v) is 8.73. The number of nitrogens with zero attached hydrogens (tertiary/aromatic N) is 5. The summed E-state index contributed by atoms with van der Waals surface area (Å²) in [5.41, 5.74) is 7.08. The number of carbonyl (C=O) groups is 1. The first-order valence-corrected chi connectivity index (χ1v) is 15.0. The van der Waals surface area contributed by atoms with Crippen LogP contribution in [0.3, 0.4) is 0 Å². The molecule has 11 nitrogen and oxygen atoms in total. The summed E-state index contributed by atoms with van der Waals surface area (Å²) in [5.74, 6) is 1.86. The first-order chi connectivity index (χ1) is 18.6. The van der Waals surface area contributed by atoms with Gasteiger partial charge in [-0.25, -0.2) is 19.7 Å². The third kappa shape index (κ3) is 7.57. The Hall–Kier alpha value is -2.52. The van der Waals surface area contributed by atoms with E-state index in [1.54, 1.807) is 11.8 Å². The number of unbranched alkanes of at least 4 members (excludes halogenated alkanes) is 3. The minimum Gasteiger partial charge on any atom is -0.465 e. The van der Waals surface area contributed by atoms with Gasteiger partial charge in [-0.2, -0.15) is 0 Å². The number of ether oxygens (including phenoxy) is 2. The molecule has 4 N–H and O–H groups in total. The van der Waals surface area contributed by atoms with Crippen LogP contribution in [-0.2, 0) is 6.54 Å². The van der Waals surface area contributed by atoms with Crippen molar-refractivity contribution >= 4 is 57.4 Å². The van der Waals surface area contributed by atoms with Gasteiger partial charge in [0, 0.05) is 27.1 Å². The Labute approximate surface area is 246 Å². The van der Waals surface area contributed by atoms with Crippen molar-refractivity contribution in [3.63, 3.8) is 0 Å². The van der Waals surface area contributed by atoms with Gasteiger partial charge in [-0.15, -0.1) is 0 Å². The average molecular weight is 670 g/mol. The highest BCUT2D eigenvalue weighted by molar-refractivity contribution is 14.1. The zero-order valence-electron chi connectivity index (χ0n) is 22.6. The Morgan fingerprint density at radius 1 is 1.15 bits per heavy atom. The van der Waals surface area contributed by atoms with Gasteiger partial charge in [-0.05, 0) is 87.8 Å². The zero-order chi connectivity index (χ0) is 28.0. The number of aromatic nitrogens is 4. The van der Waals surface area contributed by atoms with Crippen molar-refractivity contribution in [3.05, 3.63) is 22.0 Å². The summed E-state index contributed by atoms with van der Waals surface area (Å²) < 4.78 is 14.2. The van der Waals surface area contributed by atoms with Crippen LogP contribution in [0.1, 0.15) is 52.9 Å². The van der Waals surface area contributed by atoms with Crippen LogP contribution in [0.5, 0.6) is 11.5 Å². The lowest BCUT2D eigenvalue weighted by Gasteiger charge is -2.33. The number of imidazole rings is 1. The average Bonchev–Trinajstić information content (AvgIpc) is 3.46. The SMILES string of the molecule is CC(C)(C)N(CCCCCCNCCCn1c(Sc2cc3c(cc2I)OCO3)nc2c(N)ncnc21)C(=O)O. The monoisotopic (exact) mass is 669 g/mol. The highest BCUT2D eigenvalue weighted by Gasteiger charge is 2.25. The summed E-state index contributed by atoms with van der Waals surface area (Å²) in [6, 6.07) is 3.96. The van der Waals surface area contributed by atoms with Crippen molar-refractivity contribution in [1.82, 2.24) is 29.7 Å². The van der Waals surface area contributed by atoms with Crippen LogP contribution in [0.15, 0.2) is 28.5 Å². The second-order valence-electron chi connectivity index (χ2n) is 10.3. The summed E-state index contributed by atoms with van der Waals surface area (Å²) >= 11 is 3.85. The van der Waals surface area contributed by atoms with Crippen molar-refractivity contribution in [2.24, 2.45) is 0 Å². The maximum Gasteiger partial charge on any atom is 0.407 e. The first-order valence-electron chi connectivity index (χ1n) is 13.1. The molecule has 2 aromatic heterocycles. The van der Waals surface area contributed by atoms with E-state index in [4.69, 9.17) is 20.2 Å². The summed E-state index contributed by atoms with van der Waals surface area (Å²) in [6.45, 7) is 9.13. The molecule has 1 aromatic carbocycles. The molecule has 3 heterocycles. The van der Waals surface area contributed by atoms with Crippen LogP contribution in [-0.4, -0.2) is 67.6 Å². The lowest BCUT2D eigenvalue weighted by Crippen LogP contribution is -2.45. The van der Waals surface area contributed by atoms with Crippen LogP contribution >= 0.6 is 34.4 Å². The molecule has 0 fully saturated rings. The molecule has 1 aliphatic rings. The molecule has 0 saturated carbocycles. The van der Waals surface area contributed by atoms with Crippen molar-refractivity contribution in [2.45, 2.75) is 75.0 Å². The van der Waals surface area contributed by atoms with Gasteiger partial charge in [-0.1, -0.05) is 24.6 Å². The molecule has 1 amide bonds. The van der Waals surface area contributed by atoms with Gasteiger partial charge in [0.05, 0.1) is 0 Å². The number of anilines is 1. The van der Waals surface area contributed by atoms with E-state index in [9.17, 15) is 9.90 Å². The Morgan fingerprint density at radius 3 is 2.62 bits per heavy atom. The minimum absolute atomic E-state index is 0.234. The van der Waals surface area contributed by atoms with Crippen LogP contribution in [0.2, 0.25) is 0 Å². The molecule has 4 rings (SSSR count). The molecule has 39 heavy (non-hydrogen) atoms. The summed E-state index contributed by atoms with van der Waals surface area (Å²) in [4.78, 5) is 27.3. The summed E-state index contributed by atoms with van der Waals surface area (Å²) in [5, 5.41) is 13.7. The molecule has 3 aromatic rings. The molecule has 0 atom stereocenters. The fourth-order valence-corrected chi connectivity index (χ4v) is 6.08. The largest absolute Gasteiger partial charge is 0.465 e. The van der Waals surface area contributed by atoms with Crippen LogP contribution in [0.4, 0.5) is 10.6 Å². The second kappa shape index (κ2) is 13.2. The van der Waals surface area contributed by atoms with E-state index in [1.165, 1.54) is 11.2 Å². The maximum absolute atomic E-state index is 11.4. The van der Waals surface area contributed by atoms with Gasteiger partial charge in [0.2, 0.25) is 6.79 Å². The number of rotatable bonds is 13. The summed E-state index contributed by atoms with van der Waals surface area (Å²) in [7, 11) is 0. The minimum atomic E-state index is -0.851. The lowest BCUT2D eigenvalue weighted by atomic mass is 10.1. The van der Waals surface area contributed by atoms with Crippen molar-refractivity contribution in [1.29, 1.82) is 0 Å². The van der Waals surface area contributed by atoms with E-state index in [-0.39, 0.29) is 12.3 Å². The molecule has 0 radical (unpaired) electrons. The van der Waals surface area contributed by atoms with Gasteiger partial charge in [-0.3, -0.25) is 0 Å². The third-order valence-electron chi connectivity index (χ3n) is 6.41. The number of amides is 1. The Kier molecular flexibility index (Phi) is 9.99. The zero-order valence-corrected chi connectivity index (χ0v) is 25.5. The van der Waals surface area contributed by atoms with E-state index in [0.29, 0.717) is 17.9 Å². The molecule has 13 heteroatoms. The van der Waals surface area contributed by atoms with Gasteiger partial charge >= 0.3 is 6.09 Å². The fourth-order valence-electron chi connectivity index (χ4n) is 4.37. The Morgan fingerprint density at radius 2 is 1.87 bits per heavy atom. The molecule has 0 aliphatic carbocycles. The van der Waals surface area contributed by atoms with E-state index in [1.807, 2.05) is 32.9 Å². The molecule has 0 spiro atoms. The maximum atomic E-state index is 11.4. The Bertz CT molecular complexity index is 1300. The number of fused-ring (bicyclic) bond motifs is 2. The number of benzene rings is 1. The van der Waals surface area contributed by atoms with E-state index in [0.717, 1.165) is 82.5 Å². The molecule has 212 valence electrons. The van der Waals surface area contributed by atoms with Gasteiger partial charge in [0.25, 0.3) is 0 Å². The number of hydrogen-bond donors (Lipinski definition) is 3. The number of carboxylic acid groups (broad SMARTS) is 1. The van der Waals surface area contributed by atoms with Crippen molar-refractivity contribution in [2.75, 3.05) is 32.2 Å². The number of halogens is 1. The highest BCUT2D eigenvalue weighted by atomic mass is 127. The lowest BCUT2D eigenvalue weighted by molar-refractivity contribution is 0.0990. The number of nitrogens with two attached hydrogens (primary N) is 1. The number of aryl methyl sites for hydroxylation is 1. The van der Waals surface area contributed by atoms with Crippen LogP contribution < -0.4 is 20.5 Å². The normalized spacial score (nSPS) is 12.8. The molecule has 1 aliphatic heterocycles.